The van der Waals surface area contributed by atoms with E-state index < -0.39 is 0 Å². The van der Waals surface area contributed by atoms with E-state index in [2.05, 4.69) is 58.3 Å². The fraction of sp³-hybridized carbons (Fsp3) is 0.551. The molecule has 11 fully saturated rings. The van der Waals surface area contributed by atoms with Crippen molar-refractivity contribution in [1.82, 2.24) is 59.8 Å². The van der Waals surface area contributed by atoms with Gasteiger partial charge in [-0.1, -0.05) is 197 Å². The zero-order valence-electron chi connectivity index (χ0n) is 86.3. The summed E-state index contributed by atoms with van der Waals surface area (Å²) in [6.07, 6.45) is 22.2. The second-order valence-electron chi connectivity index (χ2n) is 42.0. The summed E-state index contributed by atoms with van der Waals surface area (Å²) >= 11 is 60.6. The van der Waals surface area contributed by atoms with Gasteiger partial charge in [0.15, 0.2) is 29.1 Å². The number of nitrogen functional groups attached to an aromatic ring is 1. The van der Waals surface area contributed by atoms with Crippen LogP contribution in [0.5, 0.6) is 0 Å². The Morgan fingerprint density at radius 1 is 0.400 bits per heavy atom. The van der Waals surface area contributed by atoms with Gasteiger partial charge in [0.05, 0.1) is 157 Å². The first-order valence-electron chi connectivity index (χ1n) is 51.6. The highest BCUT2D eigenvalue weighted by Crippen LogP contribution is 2.56. The second-order valence-corrected chi connectivity index (χ2v) is 48.6. The Morgan fingerprint density at radius 3 is 1.17 bits per heavy atom. The van der Waals surface area contributed by atoms with E-state index in [1.54, 1.807) is 36.7 Å². The molecule has 2 aliphatic carbocycles. The van der Waals surface area contributed by atoms with Crippen LogP contribution in [-0.2, 0) is 45.4 Å². The van der Waals surface area contributed by atoms with E-state index in [0.717, 1.165) is 214 Å². The van der Waals surface area contributed by atoms with Gasteiger partial charge in [-0.25, -0.2) is 59.8 Å². The number of β-amino-alcohol motifs (C(OH)–C–C–N with tert-alkyl or cyclic N) is 1. The van der Waals surface area contributed by atoms with Crippen LogP contribution >= 0.6 is 140 Å². The summed E-state index contributed by atoms with van der Waals surface area (Å²) in [6.45, 7) is 29.8. The Hall–Kier alpha value is -6.86. The van der Waals surface area contributed by atoms with Gasteiger partial charge in [-0.2, -0.15) is 0 Å². The third-order valence-electron chi connectivity index (χ3n) is 33.4. The molecule has 9 atom stereocenters. The standard InChI is InChI=1S/C23H29Cl2N3O2.C23H31ClN6O3S.C21H26Cl2N4O2S.C21H26Cl2N4O2.C19H23Cl2N5S/c1-14-11-16(30-3)12-23(14)7-9-28(10-8-23)22-19(13-29)27-21(15(2)26-22)17-5-4-6-18(24)20(17)25;1-13-22(34-17-3-6-26-21(18(17)24)30-9-15(32)10-30)28-16(11-31)20(27-13)29-7-4-23(5-8-29)12-33-14(2)19(23)25;1-12-20(30-16-5-3-4-14(22)17(16)23)26-15(10-28)19(25-12)27-8-6-21(7-9-27)11-29-13(2)18(21)24;1-12-18(14-4-3-5-15(22)17(14)23)26-16(10-28)20(25-12)27-8-6-21(7-9-27)11-29-13(2)19(21)24;1-12-3-2-5-19(12)6-9-26(10-7-19)14-11-24-18(17(22)25-14)27-13-4-8-23-16(21)15(13)20/h4-6,14,16,29H,7-13H2,1-3H3;3,6,14-15,19,31-32H,4-5,7-12,25H2,1-2H3;3-5,13,18,28H,6-11,24H2,1-2H3;3-5,13,19,28H,6-11,24H2,1-2H3;4,8,11-12H,2-3,5-7,9-10H2,1H3,(H2,22,25)/t14-,16+;14-,19+;13-,18+;13-,19+;12-/m10001/s1. The molecule has 7 aromatic heterocycles. The van der Waals surface area contributed by atoms with E-state index >= 15 is 0 Å². The van der Waals surface area contributed by atoms with E-state index in [9.17, 15) is 25.5 Å². The highest BCUT2D eigenvalue weighted by molar-refractivity contribution is 8.00. The third kappa shape index (κ3) is 24.2. The first-order valence-corrected chi connectivity index (χ1v) is 57.4. The lowest BCUT2D eigenvalue weighted by Crippen LogP contribution is -2.51. The molecular weight excluding hydrogens is 2150 g/mol. The third-order valence-corrected chi connectivity index (χ3v) is 40.6. The molecule has 31 nitrogen and oxygen atoms in total. The molecule has 10 aromatic rings. The molecule has 9 aliphatic heterocycles. The van der Waals surface area contributed by atoms with Gasteiger partial charge in [-0.3, -0.25) is 0 Å². The molecule has 43 heteroatoms. The average Bonchev–Trinajstić information content (AvgIpc) is 1.49. The quantitative estimate of drug-likeness (QED) is 0.0340. The maximum atomic E-state index is 10.1. The van der Waals surface area contributed by atoms with Crippen LogP contribution in [0.1, 0.15) is 176 Å². The lowest BCUT2D eigenvalue weighted by molar-refractivity contribution is 0.0881. The van der Waals surface area contributed by atoms with E-state index in [4.69, 9.17) is 186 Å². The number of nitrogens with zero attached hydrogens (tertiary/aromatic N) is 18. The number of piperidine rings is 5. The number of hydrogen-bond donors (Lipinski definition) is 9. The van der Waals surface area contributed by atoms with Crippen molar-refractivity contribution in [3.8, 4) is 22.5 Å². The summed E-state index contributed by atoms with van der Waals surface area (Å²) < 4.78 is 23.1. The minimum Gasteiger partial charge on any atom is -0.390 e. The molecule has 16 heterocycles. The summed E-state index contributed by atoms with van der Waals surface area (Å²) in [6, 6.07) is 20.2. The van der Waals surface area contributed by atoms with Crippen molar-refractivity contribution in [3.63, 3.8) is 0 Å². The number of methoxy groups -OCH3 is 1. The van der Waals surface area contributed by atoms with Crippen molar-refractivity contribution in [2.75, 3.05) is 141 Å². The second kappa shape index (κ2) is 49.1. The SMILES string of the molecule is CO[C@H]1C[C@@H](C)C2(CCN(c3nc(C)c(-c4cccc(Cl)c4Cl)nc3CO)CC2)C1.C[C@@H]1CCCC12CCN(c1cnc(Sc3ccnc(Cl)c3Cl)c(N)n1)CC2.Cc1nc(N2CCC3(CC2)CO[C@@H](C)[C@H]3N)c(CO)nc1-c1cccc(Cl)c1Cl.Cc1nc(N2CCC3(CC2)CO[C@@H](C)[C@H]3N)c(CO)nc1Sc1cccc(Cl)c1Cl.Cc1nc(N2CCC3(CC2)CO[C@@H](C)[C@H]3N)c(CO)nc1Sc1ccnc(N2CC(O)C2)c1Cl. The van der Waals surface area contributed by atoms with Crippen molar-refractivity contribution in [2.45, 2.75) is 263 Å². The number of aryl methyl sites for hydroxylation is 4. The Morgan fingerprint density at radius 2 is 0.780 bits per heavy atom. The molecule has 13 N–H and O–H groups in total. The monoisotopic (exact) mass is 2280 g/mol. The maximum Gasteiger partial charge on any atom is 0.158 e. The topological polar surface area (TPSA) is 416 Å². The van der Waals surface area contributed by atoms with Crippen LogP contribution in [0.4, 0.5) is 40.7 Å². The Kier molecular flexibility index (Phi) is 37.4. The molecule has 21 rings (SSSR count). The number of benzene rings is 3. The predicted molar refractivity (Wildman–Crippen MR) is 600 cm³/mol. The van der Waals surface area contributed by atoms with Gasteiger partial charge in [0.1, 0.15) is 54.6 Å². The summed E-state index contributed by atoms with van der Waals surface area (Å²) in [7, 11) is 1.82. The molecule has 9 saturated heterocycles. The van der Waals surface area contributed by atoms with Gasteiger partial charge in [-0.05, 0) is 191 Å². The summed E-state index contributed by atoms with van der Waals surface area (Å²) in [4.78, 5) is 71.2. The first kappa shape index (κ1) is 114. The van der Waals surface area contributed by atoms with Crippen LogP contribution in [0.3, 0.4) is 0 Å². The van der Waals surface area contributed by atoms with Crippen LogP contribution in [0.25, 0.3) is 22.5 Å². The Balaban J connectivity index is 0.000000128. The number of anilines is 7. The lowest BCUT2D eigenvalue weighted by Gasteiger charge is -2.43. The van der Waals surface area contributed by atoms with E-state index in [-0.39, 0.29) is 90.4 Å². The minimum atomic E-state index is -0.341. The zero-order valence-corrected chi connectivity index (χ0v) is 95.5. The molecular formula is C107H135Cl9N22O9S3. The summed E-state index contributed by atoms with van der Waals surface area (Å²) in [5.74, 6) is 6.42. The number of nitrogens with two attached hydrogens (primary N) is 4. The van der Waals surface area contributed by atoms with Crippen molar-refractivity contribution in [3.05, 3.63) is 176 Å². The van der Waals surface area contributed by atoms with Gasteiger partial charge >= 0.3 is 0 Å². The molecule has 2 saturated carbocycles. The van der Waals surface area contributed by atoms with Crippen LogP contribution in [0.15, 0.2) is 115 Å². The fourth-order valence-corrected chi connectivity index (χ4v) is 28.1. The van der Waals surface area contributed by atoms with E-state index in [1.165, 1.54) is 67.4 Å². The normalized spacial score (nSPS) is 23.4. The van der Waals surface area contributed by atoms with E-state index in [1.807, 2.05) is 109 Å². The molecule has 0 amide bonds. The van der Waals surface area contributed by atoms with Gasteiger partial charge in [-0.15, -0.1) is 0 Å². The summed E-state index contributed by atoms with van der Waals surface area (Å²) in [5, 5.41) is 55.8. The lowest BCUT2D eigenvalue weighted by atomic mass is 9.71. The fourth-order valence-electron chi connectivity index (χ4n) is 23.5. The first-order chi connectivity index (χ1) is 71.9. The molecule has 0 unspecified atom stereocenters. The number of halogens is 9. The molecule has 0 bridgehead atoms. The number of aromatic nitrogens is 12. The maximum absolute atomic E-state index is 10.1. The van der Waals surface area contributed by atoms with Crippen molar-refractivity contribution in [1.29, 1.82) is 0 Å². The Bertz CT molecular complexity index is 6440. The number of rotatable bonds is 19. The molecule has 11 aliphatic rings. The van der Waals surface area contributed by atoms with Gasteiger partial charge in [0, 0.05) is 158 Å². The highest BCUT2D eigenvalue weighted by atomic mass is 35.5. The van der Waals surface area contributed by atoms with E-state index in [0.29, 0.717) is 156 Å². The van der Waals surface area contributed by atoms with Crippen LogP contribution in [0, 0.1) is 66.6 Å². The molecule has 0 radical (unpaired) electrons. The van der Waals surface area contributed by atoms with Crippen LogP contribution in [-0.4, -0.2) is 239 Å². The van der Waals surface area contributed by atoms with Crippen molar-refractivity contribution in [2.24, 2.45) is 56.1 Å². The highest BCUT2D eigenvalue weighted by Gasteiger charge is 2.53. The molecule has 5 spiro atoms. The summed E-state index contributed by atoms with van der Waals surface area (Å²) in [5.41, 5.74) is 34.6. The average molecular weight is 2290 g/mol. The smallest absolute Gasteiger partial charge is 0.158 e. The van der Waals surface area contributed by atoms with Crippen molar-refractivity contribution >= 4 is 180 Å². The number of hydrogen-bond acceptors (Lipinski definition) is 34. The molecule has 3 aromatic carbocycles. The number of ether oxygens (including phenoxy) is 4. The zero-order chi connectivity index (χ0) is 107. The minimum absolute atomic E-state index is 0.0237. The van der Waals surface area contributed by atoms with Crippen molar-refractivity contribution < 1.29 is 44.5 Å². The number of aliphatic hydroxyl groups excluding tert-OH is 5. The molecule has 808 valence electrons. The van der Waals surface area contributed by atoms with Gasteiger partial charge in [0.2, 0.25) is 0 Å². The predicted octanol–water partition coefficient (Wildman–Crippen LogP) is 20.2. The number of pyridine rings is 2. The molecule has 150 heavy (non-hydrogen) atoms. The number of aliphatic hydroxyl groups is 5. The largest absolute Gasteiger partial charge is 0.390 e. The van der Waals surface area contributed by atoms with Crippen LogP contribution in [0.2, 0.25) is 45.3 Å². The van der Waals surface area contributed by atoms with Crippen LogP contribution < -0.4 is 52.3 Å². The van der Waals surface area contributed by atoms with Gasteiger partial charge in [0.25, 0.3) is 0 Å². The van der Waals surface area contributed by atoms with Gasteiger partial charge < -0.3 is 96.8 Å². The Labute approximate surface area is 936 Å².